The summed E-state index contributed by atoms with van der Waals surface area (Å²) in [6.45, 7) is 0. The molecule has 16 heavy (non-hydrogen) atoms. The highest BCUT2D eigenvalue weighted by Crippen LogP contribution is 2.27. The first-order valence-electron chi connectivity index (χ1n) is 4.72. The molecular formula is C12H9ClO3. The quantitative estimate of drug-likeness (QED) is 0.740. The summed E-state index contributed by atoms with van der Waals surface area (Å²) < 4.78 is 4.96. The molecule has 0 radical (unpaired) electrons. The maximum absolute atomic E-state index is 12.0. The standard InChI is InChI=1S/C12H9ClO3/c1-16-12-9(6-13)10(14)7-4-2-3-5-8(7)11(12)15/h2-5H,6H2,1H3. The number of halogens is 1. The number of carbonyl (C=O) groups is 2. The molecule has 0 aromatic heterocycles. The molecule has 0 aliphatic heterocycles. The molecule has 1 aromatic carbocycles. The maximum Gasteiger partial charge on any atom is 0.228 e. The fraction of sp³-hybridized carbons (Fsp3) is 0.167. The molecule has 0 N–H and O–H groups in total. The molecule has 0 heterocycles. The van der Waals surface area contributed by atoms with Gasteiger partial charge in [0.25, 0.3) is 0 Å². The van der Waals surface area contributed by atoms with Crippen LogP contribution in [0, 0.1) is 0 Å². The molecule has 4 heteroatoms. The third kappa shape index (κ3) is 1.44. The Kier molecular flexibility index (Phi) is 2.79. The van der Waals surface area contributed by atoms with E-state index in [-0.39, 0.29) is 28.8 Å². The van der Waals surface area contributed by atoms with Gasteiger partial charge in [0.2, 0.25) is 5.78 Å². The molecule has 1 aliphatic carbocycles. The molecule has 0 unspecified atom stereocenters. The van der Waals surface area contributed by atoms with Crippen LogP contribution in [0.15, 0.2) is 35.6 Å². The van der Waals surface area contributed by atoms with Crippen molar-refractivity contribution in [1.82, 2.24) is 0 Å². The van der Waals surface area contributed by atoms with Crippen molar-refractivity contribution >= 4 is 23.2 Å². The van der Waals surface area contributed by atoms with Crippen molar-refractivity contribution in [3.8, 4) is 0 Å². The molecule has 0 amide bonds. The number of allylic oxidation sites excluding steroid dienone is 2. The normalized spacial score (nSPS) is 15.1. The molecule has 0 atom stereocenters. The number of hydrogen-bond acceptors (Lipinski definition) is 3. The Hall–Kier alpha value is -1.61. The molecule has 0 saturated heterocycles. The highest BCUT2D eigenvalue weighted by atomic mass is 35.5. The summed E-state index contributed by atoms with van der Waals surface area (Å²) >= 11 is 5.67. The Morgan fingerprint density at radius 1 is 1.12 bits per heavy atom. The average Bonchev–Trinajstić information content (AvgIpc) is 2.33. The van der Waals surface area contributed by atoms with Gasteiger partial charge in [-0.2, -0.15) is 0 Å². The Morgan fingerprint density at radius 2 is 1.69 bits per heavy atom. The van der Waals surface area contributed by atoms with Gasteiger partial charge in [0.15, 0.2) is 11.5 Å². The Bertz CT molecular complexity index is 458. The average molecular weight is 237 g/mol. The number of ether oxygens (including phenoxy) is 1. The first kappa shape index (κ1) is 10.9. The number of carbonyl (C=O) groups excluding carboxylic acids is 2. The third-order valence-electron chi connectivity index (χ3n) is 2.51. The van der Waals surface area contributed by atoms with E-state index < -0.39 is 0 Å². The number of hydrogen-bond donors (Lipinski definition) is 0. The van der Waals surface area contributed by atoms with E-state index in [0.717, 1.165) is 0 Å². The van der Waals surface area contributed by atoms with Gasteiger partial charge in [0, 0.05) is 11.1 Å². The van der Waals surface area contributed by atoms with Crippen LogP contribution in [0.2, 0.25) is 0 Å². The van der Waals surface area contributed by atoms with Crippen LogP contribution in [0.5, 0.6) is 0 Å². The SMILES string of the molecule is COC1=C(CCl)C(=O)c2ccccc2C1=O. The molecule has 0 saturated carbocycles. The lowest BCUT2D eigenvalue weighted by Crippen LogP contribution is -2.23. The van der Waals surface area contributed by atoms with Gasteiger partial charge >= 0.3 is 0 Å². The zero-order chi connectivity index (χ0) is 11.7. The van der Waals surface area contributed by atoms with Crippen LogP contribution >= 0.6 is 11.6 Å². The molecule has 3 nitrogen and oxygen atoms in total. The Labute approximate surface area is 97.7 Å². The van der Waals surface area contributed by atoms with Crippen LogP contribution in [0.3, 0.4) is 0 Å². The molecule has 1 aromatic rings. The first-order chi connectivity index (χ1) is 7.70. The van der Waals surface area contributed by atoms with E-state index in [1.165, 1.54) is 7.11 Å². The number of benzene rings is 1. The summed E-state index contributed by atoms with van der Waals surface area (Å²) in [5.74, 6) is -0.490. The minimum absolute atomic E-state index is 0.0257. The van der Waals surface area contributed by atoms with Gasteiger partial charge in [-0.3, -0.25) is 9.59 Å². The first-order valence-corrected chi connectivity index (χ1v) is 5.25. The zero-order valence-corrected chi connectivity index (χ0v) is 9.38. The zero-order valence-electron chi connectivity index (χ0n) is 8.62. The van der Waals surface area contributed by atoms with Crippen LogP contribution in [-0.4, -0.2) is 24.6 Å². The second-order valence-corrected chi connectivity index (χ2v) is 3.62. The Balaban J connectivity index is 2.67. The van der Waals surface area contributed by atoms with E-state index in [1.807, 2.05) is 0 Å². The minimum atomic E-state index is -0.284. The summed E-state index contributed by atoms with van der Waals surface area (Å²) in [6, 6.07) is 6.66. The van der Waals surface area contributed by atoms with Crippen LogP contribution in [0.4, 0.5) is 0 Å². The predicted octanol–water partition coefficient (Wildman–Crippen LogP) is 2.20. The smallest absolute Gasteiger partial charge is 0.228 e. The van der Waals surface area contributed by atoms with Crippen molar-refractivity contribution in [2.45, 2.75) is 0 Å². The van der Waals surface area contributed by atoms with E-state index in [1.54, 1.807) is 24.3 Å². The van der Waals surface area contributed by atoms with Crippen LogP contribution in [0.1, 0.15) is 20.7 Å². The predicted molar refractivity (Wildman–Crippen MR) is 59.9 cm³/mol. The van der Waals surface area contributed by atoms with Crippen LogP contribution < -0.4 is 0 Å². The number of fused-ring (bicyclic) bond motifs is 1. The summed E-state index contributed by atoms with van der Waals surface area (Å²) in [5, 5.41) is 0. The van der Waals surface area contributed by atoms with E-state index in [9.17, 15) is 9.59 Å². The van der Waals surface area contributed by atoms with Crippen molar-refractivity contribution in [2.24, 2.45) is 0 Å². The number of Topliss-reactive ketones (excluding diaryl/α,β-unsaturated/α-hetero) is 2. The second kappa shape index (κ2) is 4.10. The van der Waals surface area contributed by atoms with Gasteiger partial charge < -0.3 is 4.74 Å². The summed E-state index contributed by atoms with van der Waals surface area (Å²) in [5.41, 5.74) is 0.995. The van der Waals surface area contributed by atoms with Crippen LogP contribution in [-0.2, 0) is 4.74 Å². The van der Waals surface area contributed by atoms with Crippen molar-refractivity contribution in [1.29, 1.82) is 0 Å². The lowest BCUT2D eigenvalue weighted by atomic mass is 9.89. The fourth-order valence-corrected chi connectivity index (χ4v) is 1.98. The second-order valence-electron chi connectivity index (χ2n) is 3.35. The molecule has 2 rings (SSSR count). The van der Waals surface area contributed by atoms with Gasteiger partial charge in [-0.15, -0.1) is 11.6 Å². The van der Waals surface area contributed by atoms with Crippen molar-refractivity contribution < 1.29 is 14.3 Å². The van der Waals surface area contributed by atoms with Gasteiger partial charge in [0.1, 0.15) is 0 Å². The van der Waals surface area contributed by atoms with Crippen molar-refractivity contribution in [3.63, 3.8) is 0 Å². The van der Waals surface area contributed by atoms with Crippen molar-refractivity contribution in [2.75, 3.05) is 13.0 Å². The summed E-state index contributed by atoms with van der Waals surface area (Å²) in [7, 11) is 1.36. The van der Waals surface area contributed by atoms with Crippen LogP contribution in [0.25, 0.3) is 0 Å². The maximum atomic E-state index is 12.0. The molecule has 1 aliphatic rings. The summed E-state index contributed by atoms with van der Waals surface area (Å²) in [4.78, 5) is 24.0. The monoisotopic (exact) mass is 236 g/mol. The van der Waals surface area contributed by atoms with Gasteiger partial charge in [-0.25, -0.2) is 0 Å². The van der Waals surface area contributed by atoms with E-state index in [4.69, 9.17) is 16.3 Å². The highest BCUT2D eigenvalue weighted by Gasteiger charge is 2.32. The number of alkyl halides is 1. The summed E-state index contributed by atoms with van der Waals surface area (Å²) in [6.07, 6.45) is 0. The van der Waals surface area contributed by atoms with Gasteiger partial charge in [-0.1, -0.05) is 24.3 Å². The van der Waals surface area contributed by atoms with Gasteiger partial charge in [0.05, 0.1) is 18.6 Å². The number of methoxy groups -OCH3 is 1. The van der Waals surface area contributed by atoms with Crippen molar-refractivity contribution in [3.05, 3.63) is 46.7 Å². The van der Waals surface area contributed by atoms with E-state index in [2.05, 4.69) is 0 Å². The Morgan fingerprint density at radius 3 is 2.19 bits per heavy atom. The van der Waals surface area contributed by atoms with Gasteiger partial charge in [-0.05, 0) is 0 Å². The molecule has 0 spiro atoms. The minimum Gasteiger partial charge on any atom is -0.492 e. The molecule has 82 valence electrons. The topological polar surface area (TPSA) is 43.4 Å². The largest absolute Gasteiger partial charge is 0.492 e. The molecule has 0 fully saturated rings. The van der Waals surface area contributed by atoms with E-state index in [0.29, 0.717) is 11.1 Å². The number of ketones is 2. The lowest BCUT2D eigenvalue weighted by molar-refractivity contribution is 0.0906. The fourth-order valence-electron chi connectivity index (χ4n) is 1.74. The molecular weight excluding hydrogens is 228 g/mol. The van der Waals surface area contributed by atoms with E-state index >= 15 is 0 Å². The lowest BCUT2D eigenvalue weighted by Gasteiger charge is -2.18. The molecule has 0 bridgehead atoms. The third-order valence-corrected chi connectivity index (χ3v) is 2.78. The number of rotatable bonds is 2. The highest BCUT2D eigenvalue weighted by molar-refractivity contribution is 6.31.